The maximum Gasteiger partial charge on any atom is 0.494 e. The van der Waals surface area contributed by atoms with Crippen LogP contribution in [-0.4, -0.2) is 133 Å². The summed E-state index contributed by atoms with van der Waals surface area (Å²) in [7, 11) is -0.281. The fourth-order valence-electron chi connectivity index (χ4n) is 12.9. The van der Waals surface area contributed by atoms with Crippen LogP contribution in [0, 0.1) is 0 Å². The number of benzene rings is 2. The molecular weight excluding hydrogens is 1010 g/mol. The molecule has 4 aromatic heterocycles. The SMILES string of the molecule is C.CC1(C)OB(c2ccc(CCCN3CC(O)C3)cc2)OC1(C)C.O=C1NC2(CC2)Cc2[nH]c3c(c21)CCc1cnc(-c2ccc(CCCN4CC(O)C4)cc2)cc1-3.O=C1NC2(CC2)Cc2[nH]c3c(c21)CCc1cnc(Cl)cc1-3. The second kappa shape index (κ2) is 20.7. The van der Waals surface area contributed by atoms with E-state index in [1.54, 1.807) is 0 Å². The van der Waals surface area contributed by atoms with E-state index in [4.69, 9.17) is 25.9 Å². The Bertz CT molecular complexity index is 3280. The Morgan fingerprint density at radius 2 is 1.10 bits per heavy atom. The Labute approximate surface area is 470 Å². The lowest BCUT2D eigenvalue weighted by atomic mass is 9.78. The number of amides is 2. The summed E-state index contributed by atoms with van der Waals surface area (Å²) in [6.07, 6.45) is 17.8. The number of aliphatic hydroxyl groups is 2. The largest absolute Gasteiger partial charge is 0.494 e. The summed E-state index contributed by atoms with van der Waals surface area (Å²) >= 11 is 6.05. The van der Waals surface area contributed by atoms with Gasteiger partial charge in [-0.25, -0.2) is 4.98 Å². The van der Waals surface area contributed by atoms with E-state index in [-0.39, 0.29) is 60.8 Å². The van der Waals surface area contributed by atoms with E-state index in [0.29, 0.717) is 5.15 Å². The maximum atomic E-state index is 12.9. The molecule has 4 aliphatic carbocycles. The quantitative estimate of drug-likeness (QED) is 0.0579. The molecule has 0 unspecified atom stereocenters. The second-order valence-electron chi connectivity index (χ2n) is 24.9. The first-order valence-electron chi connectivity index (χ1n) is 28.6. The van der Waals surface area contributed by atoms with Crippen molar-refractivity contribution in [2.45, 2.75) is 160 Å². The van der Waals surface area contributed by atoms with Crippen molar-refractivity contribution in [3.63, 3.8) is 0 Å². The van der Waals surface area contributed by atoms with Crippen LogP contribution >= 0.6 is 11.6 Å². The minimum atomic E-state index is -0.294. The van der Waals surface area contributed by atoms with Crippen molar-refractivity contribution in [3.05, 3.63) is 134 Å². The number of carbonyl (C=O) groups excluding carboxylic acids is 2. The number of nitrogens with one attached hydrogen (secondary N) is 4. The zero-order valence-electron chi connectivity index (χ0n) is 45.5. The van der Waals surface area contributed by atoms with Crippen molar-refractivity contribution < 1.29 is 29.1 Å². The molecule has 0 radical (unpaired) electrons. The number of hydrogen-bond acceptors (Lipinski definition) is 10. The molecule has 414 valence electrons. The van der Waals surface area contributed by atoms with Crippen LogP contribution in [0.4, 0.5) is 0 Å². The van der Waals surface area contributed by atoms with Gasteiger partial charge in [-0.15, -0.1) is 0 Å². The molecular formula is C63H76BClN8O6. The van der Waals surface area contributed by atoms with Gasteiger partial charge in [0.05, 0.1) is 51.6 Å². The number of likely N-dealkylation sites (tertiary alicyclic amines) is 2. The van der Waals surface area contributed by atoms with Crippen molar-refractivity contribution in [1.82, 2.24) is 40.4 Å². The summed E-state index contributed by atoms with van der Waals surface area (Å²) in [5.41, 5.74) is 18.6. The van der Waals surface area contributed by atoms with Crippen LogP contribution in [0.1, 0.15) is 139 Å². The summed E-state index contributed by atoms with van der Waals surface area (Å²) in [5, 5.41) is 25.7. The average Bonchev–Trinajstić information content (AvgIpc) is 4.32. The molecule has 6 aromatic rings. The highest BCUT2D eigenvalue weighted by Gasteiger charge is 2.53. The van der Waals surface area contributed by atoms with Gasteiger partial charge in [0.25, 0.3) is 11.8 Å². The van der Waals surface area contributed by atoms with Gasteiger partial charge in [-0.05, 0) is 169 Å². The van der Waals surface area contributed by atoms with E-state index in [0.717, 1.165) is 191 Å². The van der Waals surface area contributed by atoms with E-state index in [1.165, 1.54) is 33.4 Å². The number of aliphatic hydroxyl groups excluding tert-OH is 2. The zero-order chi connectivity index (χ0) is 53.7. The van der Waals surface area contributed by atoms with Gasteiger partial charge in [-0.2, -0.15) is 0 Å². The number of β-amino-alcohol motifs (C(OH)–C–C–N with tert-alkyl or cyclic N) is 2. The monoisotopic (exact) mass is 1090 g/mol. The smallest absolute Gasteiger partial charge is 0.399 e. The molecule has 9 aliphatic rings. The maximum absolute atomic E-state index is 12.9. The van der Waals surface area contributed by atoms with Crippen LogP contribution in [-0.2, 0) is 60.7 Å². The van der Waals surface area contributed by atoms with Crippen molar-refractivity contribution >= 4 is 36.0 Å². The predicted octanol–water partition coefficient (Wildman–Crippen LogP) is 8.15. The van der Waals surface area contributed by atoms with E-state index in [2.05, 4.69) is 118 Å². The molecule has 2 spiro atoms. The lowest BCUT2D eigenvalue weighted by Crippen LogP contribution is -2.50. The second-order valence-corrected chi connectivity index (χ2v) is 25.3. The highest BCUT2D eigenvalue weighted by Crippen LogP contribution is 2.47. The fraction of sp³-hybridized carbons (Fsp3) is 0.492. The number of H-pyrrole nitrogens is 2. The molecule has 6 N–H and O–H groups in total. The summed E-state index contributed by atoms with van der Waals surface area (Å²) in [5.74, 6) is 0.199. The highest BCUT2D eigenvalue weighted by atomic mass is 35.5. The van der Waals surface area contributed by atoms with Gasteiger partial charge in [0.1, 0.15) is 5.15 Å². The van der Waals surface area contributed by atoms with Gasteiger partial charge in [0.15, 0.2) is 0 Å². The molecule has 14 nitrogen and oxygen atoms in total. The standard InChI is InChI=1S/C28H30N4O2.C18H28BNO3.C16H14ClN3O.CH4/c33-20-15-32(16-20)11-1-2-17-3-5-18(6-4-17)23-12-22-19(14-29-23)7-8-21-25-24(30-26(21)22)13-28(9-10-28)31-27(25)34;1-17(2)18(3,4)23-19(22-17)15-9-7-14(8-10-15)6-5-11-20-12-16(21)13-20;17-12-5-10-8(7-18-12)1-2-9-13-11(19-14(9)10)6-16(3-4-16)20-15(13)21;/h3-6,12,14,20,30,33H,1-2,7-11,13,15-16H2,(H,31,34);7-10,16,21H,5-6,11-13H2,1-4H3;5,7,19H,1-4,6H2,(H,20,21);1H4. The van der Waals surface area contributed by atoms with E-state index >= 15 is 0 Å². The Hall–Kier alpha value is -5.65. The molecule has 9 heterocycles. The highest BCUT2D eigenvalue weighted by molar-refractivity contribution is 6.62. The molecule has 0 atom stereocenters. The molecule has 3 saturated heterocycles. The van der Waals surface area contributed by atoms with Crippen LogP contribution in [0.15, 0.2) is 73.1 Å². The topological polar surface area (TPSA) is 181 Å². The van der Waals surface area contributed by atoms with Crippen LogP contribution < -0.4 is 16.1 Å². The van der Waals surface area contributed by atoms with Crippen molar-refractivity contribution in [1.29, 1.82) is 0 Å². The van der Waals surface area contributed by atoms with Crippen LogP contribution in [0.2, 0.25) is 5.15 Å². The Kier molecular flexibility index (Phi) is 14.2. The van der Waals surface area contributed by atoms with Crippen LogP contribution in [0.5, 0.6) is 0 Å². The molecule has 2 saturated carbocycles. The number of aryl methyl sites for hydroxylation is 4. The molecule has 5 aliphatic heterocycles. The Morgan fingerprint density at radius 1 is 0.646 bits per heavy atom. The predicted molar refractivity (Wildman–Crippen MR) is 310 cm³/mol. The van der Waals surface area contributed by atoms with E-state index in [1.807, 2.05) is 18.5 Å². The number of aromatic amines is 2. The molecule has 5 fully saturated rings. The molecule has 15 rings (SSSR count). The number of nitrogens with zero attached hydrogens (tertiary/aromatic N) is 4. The van der Waals surface area contributed by atoms with Crippen LogP contribution in [0.25, 0.3) is 33.8 Å². The summed E-state index contributed by atoms with van der Waals surface area (Å²) in [6, 6.07) is 21.4. The molecule has 2 amide bonds. The van der Waals surface area contributed by atoms with Crippen molar-refractivity contribution in [2.24, 2.45) is 0 Å². The number of hydrogen-bond donors (Lipinski definition) is 6. The normalized spacial score (nSPS) is 21.2. The average molecular weight is 1090 g/mol. The Balaban J connectivity index is 0.000000122. The number of carbonyl (C=O) groups is 2. The fourth-order valence-corrected chi connectivity index (χ4v) is 13.0. The van der Waals surface area contributed by atoms with Crippen LogP contribution in [0.3, 0.4) is 0 Å². The minimum Gasteiger partial charge on any atom is -0.399 e. The van der Waals surface area contributed by atoms with Gasteiger partial charge >= 0.3 is 7.12 Å². The van der Waals surface area contributed by atoms with Gasteiger partial charge in [0.2, 0.25) is 0 Å². The summed E-state index contributed by atoms with van der Waals surface area (Å²) in [4.78, 5) is 46.1. The summed E-state index contributed by atoms with van der Waals surface area (Å²) in [6.45, 7) is 13.7. The number of halogens is 1. The van der Waals surface area contributed by atoms with Crippen molar-refractivity contribution in [2.75, 3.05) is 39.3 Å². The molecule has 16 heteroatoms. The number of fused-ring (bicyclic) bond motifs is 10. The number of aromatic nitrogens is 4. The van der Waals surface area contributed by atoms with Crippen molar-refractivity contribution in [3.8, 4) is 33.8 Å². The van der Waals surface area contributed by atoms with Gasteiger partial charge in [-0.3, -0.25) is 24.4 Å². The molecule has 2 aromatic carbocycles. The number of rotatable bonds is 10. The first kappa shape index (κ1) is 54.0. The lowest BCUT2D eigenvalue weighted by molar-refractivity contribution is 0.00169. The zero-order valence-corrected chi connectivity index (χ0v) is 46.3. The number of pyridine rings is 2. The third-order valence-corrected chi connectivity index (χ3v) is 18.8. The van der Waals surface area contributed by atoms with Gasteiger partial charge < -0.3 is 40.1 Å². The summed E-state index contributed by atoms with van der Waals surface area (Å²) < 4.78 is 12.2. The third-order valence-electron chi connectivity index (χ3n) is 18.6. The van der Waals surface area contributed by atoms with E-state index < -0.39 is 0 Å². The van der Waals surface area contributed by atoms with Gasteiger partial charge in [-0.1, -0.05) is 67.6 Å². The Morgan fingerprint density at radius 3 is 1.57 bits per heavy atom. The van der Waals surface area contributed by atoms with Gasteiger partial charge in [0, 0.05) is 90.6 Å². The first-order valence-corrected chi connectivity index (χ1v) is 29.0. The lowest BCUT2D eigenvalue weighted by Gasteiger charge is -2.35. The molecule has 79 heavy (non-hydrogen) atoms. The third kappa shape index (κ3) is 10.7. The molecule has 0 bridgehead atoms. The minimum absolute atomic E-state index is 0. The first-order chi connectivity index (χ1) is 37.5. The van der Waals surface area contributed by atoms with E-state index in [9.17, 15) is 19.8 Å².